The Morgan fingerprint density at radius 2 is 2.24 bits per heavy atom. The summed E-state index contributed by atoms with van der Waals surface area (Å²) in [4.78, 5) is 0. The Kier molecular flexibility index (Phi) is 4.34. The Balaban J connectivity index is 1.95. The molecule has 1 aromatic rings. The van der Waals surface area contributed by atoms with Crippen LogP contribution in [0.15, 0.2) is 22.7 Å². The Hall–Kier alpha value is -0.250. The molecule has 0 bridgehead atoms. The lowest BCUT2D eigenvalue weighted by Crippen LogP contribution is -2.33. The molecule has 17 heavy (non-hydrogen) atoms. The van der Waals surface area contributed by atoms with E-state index >= 15 is 0 Å². The predicted octanol–water partition coefficient (Wildman–Crippen LogP) is 4.01. The molecule has 0 unspecified atom stereocenters. The van der Waals surface area contributed by atoms with Gasteiger partial charge in [-0.2, -0.15) is 0 Å². The SMILES string of the molecule is CCCNCC1(Oc2ccc(Cl)cc2Br)CC1. The molecule has 0 heterocycles. The van der Waals surface area contributed by atoms with E-state index in [1.807, 2.05) is 18.2 Å². The van der Waals surface area contributed by atoms with Crippen LogP contribution in [0.5, 0.6) is 5.75 Å². The summed E-state index contributed by atoms with van der Waals surface area (Å²) in [6, 6.07) is 5.65. The average Bonchev–Trinajstić information content (AvgIpc) is 3.03. The van der Waals surface area contributed by atoms with Gasteiger partial charge in [0.2, 0.25) is 0 Å². The van der Waals surface area contributed by atoms with Gasteiger partial charge in [-0.1, -0.05) is 18.5 Å². The number of benzene rings is 1. The van der Waals surface area contributed by atoms with Crippen LogP contribution in [-0.4, -0.2) is 18.7 Å². The molecule has 94 valence electrons. The molecule has 1 aliphatic rings. The number of halogens is 2. The van der Waals surface area contributed by atoms with Crippen molar-refractivity contribution < 1.29 is 4.74 Å². The van der Waals surface area contributed by atoms with Gasteiger partial charge in [0.15, 0.2) is 0 Å². The lowest BCUT2D eigenvalue weighted by atomic mass is 10.3. The molecule has 0 spiro atoms. The monoisotopic (exact) mass is 317 g/mol. The lowest BCUT2D eigenvalue weighted by molar-refractivity contribution is 0.174. The quantitative estimate of drug-likeness (QED) is 0.800. The summed E-state index contributed by atoms with van der Waals surface area (Å²) in [6.07, 6.45) is 3.40. The van der Waals surface area contributed by atoms with Crippen LogP contribution in [0.25, 0.3) is 0 Å². The topological polar surface area (TPSA) is 21.3 Å². The second kappa shape index (κ2) is 5.59. The molecular weight excluding hydrogens is 302 g/mol. The fourth-order valence-corrected chi connectivity index (χ4v) is 2.50. The van der Waals surface area contributed by atoms with Crippen molar-refractivity contribution in [1.82, 2.24) is 5.32 Å². The van der Waals surface area contributed by atoms with Crippen molar-refractivity contribution in [3.05, 3.63) is 27.7 Å². The van der Waals surface area contributed by atoms with Crippen LogP contribution >= 0.6 is 27.5 Å². The van der Waals surface area contributed by atoms with Gasteiger partial charge in [-0.05, 0) is 59.9 Å². The highest BCUT2D eigenvalue weighted by Gasteiger charge is 2.45. The fraction of sp³-hybridized carbons (Fsp3) is 0.538. The number of hydrogen-bond acceptors (Lipinski definition) is 2. The smallest absolute Gasteiger partial charge is 0.134 e. The first-order valence-electron chi connectivity index (χ1n) is 6.00. The van der Waals surface area contributed by atoms with E-state index in [2.05, 4.69) is 28.2 Å². The second-order valence-corrected chi connectivity index (χ2v) is 5.83. The van der Waals surface area contributed by atoms with Crippen molar-refractivity contribution in [2.45, 2.75) is 31.8 Å². The van der Waals surface area contributed by atoms with E-state index in [1.54, 1.807) is 0 Å². The van der Waals surface area contributed by atoms with Gasteiger partial charge in [0.25, 0.3) is 0 Å². The van der Waals surface area contributed by atoms with E-state index in [-0.39, 0.29) is 5.60 Å². The van der Waals surface area contributed by atoms with E-state index in [0.29, 0.717) is 0 Å². The highest BCUT2D eigenvalue weighted by atomic mass is 79.9. The molecule has 1 aromatic carbocycles. The minimum atomic E-state index is 0.00548. The van der Waals surface area contributed by atoms with Crippen LogP contribution in [0.2, 0.25) is 5.02 Å². The molecular formula is C13H17BrClNO. The molecule has 1 saturated carbocycles. The van der Waals surface area contributed by atoms with E-state index in [1.165, 1.54) is 0 Å². The molecule has 1 N–H and O–H groups in total. The maximum Gasteiger partial charge on any atom is 0.134 e. The average molecular weight is 319 g/mol. The van der Waals surface area contributed by atoms with Crippen LogP contribution in [0.4, 0.5) is 0 Å². The number of nitrogens with one attached hydrogen (secondary N) is 1. The van der Waals surface area contributed by atoms with Crippen LogP contribution in [0.3, 0.4) is 0 Å². The Morgan fingerprint density at radius 1 is 1.47 bits per heavy atom. The number of hydrogen-bond donors (Lipinski definition) is 1. The zero-order chi connectivity index (χ0) is 12.3. The third-order valence-corrected chi connectivity index (χ3v) is 3.76. The summed E-state index contributed by atoms with van der Waals surface area (Å²) < 4.78 is 7.00. The Morgan fingerprint density at radius 3 is 2.82 bits per heavy atom. The molecule has 0 radical (unpaired) electrons. The number of rotatable bonds is 6. The van der Waals surface area contributed by atoms with Gasteiger partial charge in [-0.15, -0.1) is 0 Å². The first-order chi connectivity index (χ1) is 8.15. The summed E-state index contributed by atoms with van der Waals surface area (Å²) in [5.41, 5.74) is 0.00548. The molecule has 2 rings (SSSR count). The zero-order valence-electron chi connectivity index (χ0n) is 9.93. The van der Waals surface area contributed by atoms with Gasteiger partial charge in [-0.25, -0.2) is 0 Å². The number of ether oxygens (including phenoxy) is 1. The predicted molar refractivity (Wildman–Crippen MR) is 74.9 cm³/mol. The molecule has 1 fully saturated rings. The first kappa shape index (κ1) is 13.2. The molecule has 0 aliphatic heterocycles. The minimum absolute atomic E-state index is 0.00548. The molecule has 0 amide bonds. The van der Waals surface area contributed by atoms with Crippen molar-refractivity contribution in [2.24, 2.45) is 0 Å². The highest BCUT2D eigenvalue weighted by Crippen LogP contribution is 2.42. The highest BCUT2D eigenvalue weighted by molar-refractivity contribution is 9.10. The van der Waals surface area contributed by atoms with Gasteiger partial charge in [0.1, 0.15) is 11.4 Å². The fourth-order valence-electron chi connectivity index (χ4n) is 1.74. The van der Waals surface area contributed by atoms with E-state index in [4.69, 9.17) is 16.3 Å². The summed E-state index contributed by atoms with van der Waals surface area (Å²) in [7, 11) is 0. The minimum Gasteiger partial charge on any atom is -0.485 e. The van der Waals surface area contributed by atoms with Gasteiger partial charge in [0.05, 0.1) is 4.47 Å². The molecule has 2 nitrogen and oxygen atoms in total. The third-order valence-electron chi connectivity index (χ3n) is 2.90. The summed E-state index contributed by atoms with van der Waals surface area (Å²) in [5.74, 6) is 0.880. The standard InChI is InChI=1S/C13H17BrClNO/c1-2-7-16-9-13(5-6-13)17-12-4-3-10(15)8-11(12)14/h3-4,8,16H,2,5-7,9H2,1H3. The van der Waals surface area contributed by atoms with Crippen LogP contribution in [-0.2, 0) is 0 Å². The summed E-state index contributed by atoms with van der Waals surface area (Å²) >= 11 is 9.39. The molecule has 0 aromatic heterocycles. The van der Waals surface area contributed by atoms with Gasteiger partial charge < -0.3 is 10.1 Å². The third kappa shape index (κ3) is 3.60. The lowest BCUT2D eigenvalue weighted by Gasteiger charge is -2.19. The van der Waals surface area contributed by atoms with Crippen LogP contribution < -0.4 is 10.1 Å². The molecule has 0 atom stereocenters. The Labute approximate surface area is 116 Å². The largest absolute Gasteiger partial charge is 0.485 e. The zero-order valence-corrected chi connectivity index (χ0v) is 12.3. The Bertz CT molecular complexity index is 393. The van der Waals surface area contributed by atoms with Crippen molar-refractivity contribution in [3.63, 3.8) is 0 Å². The molecule has 4 heteroatoms. The van der Waals surface area contributed by atoms with Crippen molar-refractivity contribution in [1.29, 1.82) is 0 Å². The van der Waals surface area contributed by atoms with E-state index in [0.717, 1.165) is 47.6 Å². The maximum absolute atomic E-state index is 6.08. The van der Waals surface area contributed by atoms with E-state index in [9.17, 15) is 0 Å². The second-order valence-electron chi connectivity index (χ2n) is 4.54. The van der Waals surface area contributed by atoms with E-state index < -0.39 is 0 Å². The van der Waals surface area contributed by atoms with Gasteiger partial charge in [0, 0.05) is 11.6 Å². The van der Waals surface area contributed by atoms with Crippen LogP contribution in [0.1, 0.15) is 26.2 Å². The summed E-state index contributed by atoms with van der Waals surface area (Å²) in [5, 5.41) is 4.14. The van der Waals surface area contributed by atoms with Crippen molar-refractivity contribution in [3.8, 4) is 5.75 Å². The normalized spacial score (nSPS) is 16.9. The van der Waals surface area contributed by atoms with Crippen molar-refractivity contribution >= 4 is 27.5 Å². The first-order valence-corrected chi connectivity index (χ1v) is 7.17. The van der Waals surface area contributed by atoms with Gasteiger partial charge in [-0.3, -0.25) is 0 Å². The summed E-state index contributed by atoms with van der Waals surface area (Å²) in [6.45, 7) is 4.14. The van der Waals surface area contributed by atoms with Gasteiger partial charge >= 0.3 is 0 Å². The van der Waals surface area contributed by atoms with Crippen molar-refractivity contribution in [2.75, 3.05) is 13.1 Å². The molecule has 0 saturated heterocycles. The van der Waals surface area contributed by atoms with Crippen LogP contribution in [0, 0.1) is 0 Å². The molecule has 1 aliphatic carbocycles. The maximum atomic E-state index is 6.08.